The summed E-state index contributed by atoms with van der Waals surface area (Å²) in [4.78, 5) is 38.0. The van der Waals surface area contributed by atoms with Gasteiger partial charge in [-0.1, -0.05) is 56.5 Å². The predicted octanol–water partition coefficient (Wildman–Crippen LogP) is 4.64. The fourth-order valence-electron chi connectivity index (χ4n) is 6.75. The van der Waals surface area contributed by atoms with E-state index < -0.39 is 27.9 Å². The summed E-state index contributed by atoms with van der Waals surface area (Å²) >= 11 is 1.14. The zero-order valence-corrected chi connectivity index (χ0v) is 26.6. The smallest absolute Gasteiger partial charge is 0.348 e. The molecule has 1 aromatic carbocycles. The van der Waals surface area contributed by atoms with E-state index in [4.69, 9.17) is 0 Å². The first-order valence-electron chi connectivity index (χ1n) is 15.4. The number of anilines is 2. The van der Waals surface area contributed by atoms with Crippen LogP contribution < -0.4 is 9.80 Å². The van der Waals surface area contributed by atoms with Gasteiger partial charge in [-0.3, -0.25) is 4.79 Å². The third kappa shape index (κ3) is 6.13. The van der Waals surface area contributed by atoms with Crippen LogP contribution in [0.4, 0.5) is 11.5 Å². The third-order valence-electron chi connectivity index (χ3n) is 9.22. The molecule has 234 valence electrons. The van der Waals surface area contributed by atoms with Gasteiger partial charge in [-0.05, 0) is 49.1 Å². The molecule has 10 nitrogen and oxygen atoms in total. The lowest BCUT2D eigenvalue weighted by molar-refractivity contribution is -0.121. The number of rotatable bonds is 8. The van der Waals surface area contributed by atoms with Crippen LogP contribution in [0.15, 0.2) is 59.6 Å². The molecule has 0 radical (unpaired) electrons. The second kappa shape index (κ2) is 13.0. The Morgan fingerprint density at radius 2 is 1.75 bits per heavy atom. The molecule has 1 atom stereocenters. The predicted molar refractivity (Wildman–Crippen MR) is 172 cm³/mol. The van der Waals surface area contributed by atoms with Gasteiger partial charge >= 0.3 is 5.97 Å². The summed E-state index contributed by atoms with van der Waals surface area (Å²) in [5.41, 5.74) is 1.23. The molecule has 12 heteroatoms. The number of aromatic carboxylic acids is 1. The third-order valence-corrected chi connectivity index (χ3v) is 12.2. The molecular weight excluding hydrogens is 599 g/mol. The van der Waals surface area contributed by atoms with Crippen LogP contribution in [0.5, 0.6) is 0 Å². The monoisotopic (exact) mass is 637 g/mol. The molecule has 2 aliphatic heterocycles. The van der Waals surface area contributed by atoms with Gasteiger partial charge < -0.3 is 19.8 Å². The lowest BCUT2D eigenvalue weighted by Gasteiger charge is -2.44. The highest BCUT2D eigenvalue weighted by Crippen LogP contribution is 2.42. The minimum Gasteiger partial charge on any atom is -0.477 e. The number of sulfonamides is 1. The Balaban J connectivity index is 1.29. The second-order valence-corrected chi connectivity index (χ2v) is 14.8. The van der Waals surface area contributed by atoms with Gasteiger partial charge in [-0.15, -0.1) is 11.3 Å². The summed E-state index contributed by atoms with van der Waals surface area (Å²) in [6.07, 6.45) is 6.22. The molecule has 1 unspecified atom stereocenters. The first kappa shape index (κ1) is 30.7. The van der Waals surface area contributed by atoms with Crippen molar-refractivity contribution in [3.05, 3.63) is 59.6 Å². The lowest BCUT2D eigenvalue weighted by Crippen LogP contribution is -2.60. The van der Waals surface area contributed by atoms with E-state index in [1.807, 2.05) is 30.3 Å². The maximum atomic E-state index is 14.0. The normalized spacial score (nSPS) is 21.1. The standard InChI is InChI=1S/C32H39N5O5S2/c1-2-34-15-17-35(18-16-34)29-14-13-25(20-33-29)44(41,42)36-21-27(23-9-5-3-6-10-23)37(30(38)22-36)26-19-28(43-31(26)32(39)40)24-11-7-4-8-12-24/h4,7-8,11-14,19-20,23,27H,2-3,5-6,9-10,15-18,21-22H2,1H3,(H,39,40). The Kier molecular flexibility index (Phi) is 9.04. The van der Waals surface area contributed by atoms with E-state index in [0.717, 1.165) is 92.4 Å². The molecule has 0 spiro atoms. The van der Waals surface area contributed by atoms with E-state index in [9.17, 15) is 23.1 Å². The zero-order chi connectivity index (χ0) is 30.8. The van der Waals surface area contributed by atoms with Gasteiger partial charge in [-0.2, -0.15) is 4.31 Å². The number of hydrogen-bond acceptors (Lipinski definition) is 8. The molecule has 2 saturated heterocycles. The first-order valence-corrected chi connectivity index (χ1v) is 17.7. The van der Waals surface area contributed by atoms with Gasteiger partial charge in [0.1, 0.15) is 15.6 Å². The summed E-state index contributed by atoms with van der Waals surface area (Å²) in [7, 11) is -4.01. The highest BCUT2D eigenvalue weighted by Gasteiger charge is 2.44. The van der Waals surface area contributed by atoms with Crippen LogP contribution in [-0.2, 0) is 14.8 Å². The lowest BCUT2D eigenvalue weighted by atomic mass is 9.82. The number of carbonyl (C=O) groups is 2. The van der Waals surface area contributed by atoms with Gasteiger partial charge in [0.25, 0.3) is 0 Å². The van der Waals surface area contributed by atoms with Gasteiger partial charge in [0, 0.05) is 43.8 Å². The van der Waals surface area contributed by atoms with Crippen molar-refractivity contribution in [2.75, 3.05) is 55.6 Å². The van der Waals surface area contributed by atoms with Gasteiger partial charge in [0.15, 0.2) is 0 Å². The summed E-state index contributed by atoms with van der Waals surface area (Å²) in [6.45, 7) is 6.44. The van der Waals surface area contributed by atoms with Crippen molar-refractivity contribution in [3.63, 3.8) is 0 Å². The van der Waals surface area contributed by atoms with Gasteiger partial charge in [0.05, 0.1) is 18.3 Å². The molecule has 44 heavy (non-hydrogen) atoms. The number of carboxylic acids is 1. The van der Waals surface area contributed by atoms with Gasteiger partial charge in [0.2, 0.25) is 15.9 Å². The fraction of sp³-hybridized carbons (Fsp3) is 0.469. The molecule has 3 aliphatic rings. The number of thiophene rings is 1. The quantitative estimate of drug-likeness (QED) is 0.380. The Labute approximate surface area is 263 Å². The number of benzene rings is 1. The molecule has 1 saturated carbocycles. The molecule has 2 aromatic heterocycles. The fourth-order valence-corrected chi connectivity index (χ4v) is 9.10. The summed E-state index contributed by atoms with van der Waals surface area (Å²) in [6, 6.07) is 14.2. The van der Waals surface area contributed by atoms with E-state index in [-0.39, 0.29) is 28.8 Å². The van der Waals surface area contributed by atoms with Gasteiger partial charge in [-0.25, -0.2) is 18.2 Å². The van der Waals surface area contributed by atoms with Crippen LogP contribution in [0.25, 0.3) is 10.4 Å². The Bertz CT molecular complexity index is 1580. The molecule has 4 heterocycles. The number of hydrogen-bond donors (Lipinski definition) is 1. The summed E-state index contributed by atoms with van der Waals surface area (Å²) < 4.78 is 29.2. The van der Waals surface area contributed by atoms with Crippen LogP contribution in [0, 0.1) is 5.92 Å². The molecule has 3 aromatic rings. The van der Waals surface area contributed by atoms with Crippen LogP contribution in [0.3, 0.4) is 0 Å². The summed E-state index contributed by atoms with van der Waals surface area (Å²) in [5, 5.41) is 10.2. The molecule has 3 fully saturated rings. The number of piperazine rings is 2. The van der Waals surface area contributed by atoms with Crippen molar-refractivity contribution in [1.29, 1.82) is 0 Å². The molecule has 6 rings (SSSR count). The Morgan fingerprint density at radius 1 is 1.02 bits per heavy atom. The number of amides is 1. The highest BCUT2D eigenvalue weighted by molar-refractivity contribution is 7.89. The first-order chi connectivity index (χ1) is 21.3. The van der Waals surface area contributed by atoms with E-state index in [0.29, 0.717) is 5.69 Å². The van der Waals surface area contributed by atoms with Crippen molar-refractivity contribution in [2.45, 2.75) is 50.0 Å². The maximum absolute atomic E-state index is 14.0. The minimum atomic E-state index is -4.01. The highest BCUT2D eigenvalue weighted by atomic mass is 32.2. The van der Waals surface area contributed by atoms with E-state index >= 15 is 0 Å². The van der Waals surface area contributed by atoms with Crippen LogP contribution in [-0.4, -0.2) is 91.4 Å². The molecular formula is C32H39N5O5S2. The van der Waals surface area contributed by atoms with E-state index in [1.54, 1.807) is 23.1 Å². The number of carbonyl (C=O) groups excluding carboxylic acids is 1. The van der Waals surface area contributed by atoms with Crippen molar-refractivity contribution in [2.24, 2.45) is 5.92 Å². The van der Waals surface area contributed by atoms with Crippen molar-refractivity contribution in [3.8, 4) is 10.4 Å². The Hall–Kier alpha value is -3.32. The minimum absolute atomic E-state index is 0.0604. The average Bonchev–Trinajstić information content (AvgIpc) is 3.51. The Morgan fingerprint density at radius 3 is 2.39 bits per heavy atom. The molecule has 0 bridgehead atoms. The summed E-state index contributed by atoms with van der Waals surface area (Å²) in [5.74, 6) is -0.698. The number of carboxylic acid groups (broad SMARTS) is 1. The van der Waals surface area contributed by atoms with Crippen molar-refractivity contribution < 1.29 is 23.1 Å². The number of aromatic nitrogens is 1. The second-order valence-electron chi connectivity index (χ2n) is 11.8. The zero-order valence-electron chi connectivity index (χ0n) is 25.0. The topological polar surface area (TPSA) is 114 Å². The number of likely N-dealkylation sites (N-methyl/N-ethyl adjacent to an activating group) is 1. The molecule has 1 N–H and O–H groups in total. The largest absolute Gasteiger partial charge is 0.477 e. The molecule has 1 amide bonds. The van der Waals surface area contributed by atoms with Crippen molar-refractivity contribution >= 4 is 44.7 Å². The van der Waals surface area contributed by atoms with Crippen LogP contribution >= 0.6 is 11.3 Å². The molecule has 1 aliphatic carbocycles. The van der Waals surface area contributed by atoms with Crippen molar-refractivity contribution in [1.82, 2.24) is 14.2 Å². The van der Waals surface area contributed by atoms with E-state index in [2.05, 4.69) is 21.7 Å². The SMILES string of the molecule is CCN1CCN(c2ccc(S(=O)(=O)N3CC(=O)N(c4cc(-c5ccccc5)sc4C(=O)O)C(C4CCCCC4)C3)cn2)CC1. The average molecular weight is 638 g/mol. The van der Waals surface area contributed by atoms with E-state index in [1.165, 1.54) is 10.5 Å². The number of nitrogens with zero attached hydrogens (tertiary/aromatic N) is 5. The van der Waals surface area contributed by atoms with Crippen LogP contribution in [0.2, 0.25) is 0 Å². The maximum Gasteiger partial charge on any atom is 0.348 e. The van der Waals surface area contributed by atoms with Crippen LogP contribution in [0.1, 0.15) is 48.7 Å². The number of pyridine rings is 1.